The van der Waals surface area contributed by atoms with Crippen LogP contribution in [0.25, 0.3) is 0 Å². The lowest BCUT2D eigenvalue weighted by Crippen LogP contribution is -2.34. The Hall–Kier alpha value is -1.91. The van der Waals surface area contributed by atoms with Crippen LogP contribution in [0.5, 0.6) is 0 Å². The van der Waals surface area contributed by atoms with E-state index in [4.69, 9.17) is 5.11 Å². The van der Waals surface area contributed by atoms with E-state index in [1.165, 1.54) is 13.8 Å². The molecule has 18 heavy (non-hydrogen) atoms. The van der Waals surface area contributed by atoms with Crippen LogP contribution >= 0.6 is 0 Å². The van der Waals surface area contributed by atoms with E-state index in [-0.39, 0.29) is 12.3 Å². The minimum absolute atomic E-state index is 0.0185. The van der Waals surface area contributed by atoms with Crippen molar-refractivity contribution in [1.29, 1.82) is 0 Å². The van der Waals surface area contributed by atoms with Gasteiger partial charge in [-0.05, 0) is 31.9 Å². The van der Waals surface area contributed by atoms with Crippen LogP contribution in [0.4, 0.5) is 0 Å². The summed E-state index contributed by atoms with van der Waals surface area (Å²) in [7, 11) is 0. The number of rotatable bonds is 6. The minimum atomic E-state index is -1.03. The molecule has 1 heterocycles. The fourth-order valence-corrected chi connectivity index (χ4v) is 1.43. The number of carbonyl (C=O) groups is 2. The largest absolute Gasteiger partial charge is 0.481 e. The third-order valence-corrected chi connectivity index (χ3v) is 2.64. The zero-order valence-corrected chi connectivity index (χ0v) is 10.6. The summed E-state index contributed by atoms with van der Waals surface area (Å²) in [4.78, 5) is 26.4. The number of nitrogens with one attached hydrogen (secondary N) is 1. The van der Waals surface area contributed by atoms with E-state index in [9.17, 15) is 9.59 Å². The van der Waals surface area contributed by atoms with E-state index in [0.717, 1.165) is 5.56 Å². The highest BCUT2D eigenvalue weighted by molar-refractivity contribution is 5.84. The molecule has 5 heteroatoms. The van der Waals surface area contributed by atoms with Gasteiger partial charge in [0, 0.05) is 25.4 Å². The van der Waals surface area contributed by atoms with Gasteiger partial charge in [-0.1, -0.05) is 6.07 Å². The summed E-state index contributed by atoms with van der Waals surface area (Å²) in [5, 5.41) is 11.6. The average Bonchev–Trinajstić information content (AvgIpc) is 2.29. The van der Waals surface area contributed by atoms with E-state index in [1.54, 1.807) is 12.4 Å². The molecule has 1 amide bonds. The fraction of sp³-hybridized carbons (Fsp3) is 0.462. The van der Waals surface area contributed by atoms with Gasteiger partial charge in [0.1, 0.15) is 0 Å². The van der Waals surface area contributed by atoms with Crippen LogP contribution in [0.2, 0.25) is 0 Å². The number of carboxylic acid groups (broad SMARTS) is 1. The molecular formula is C13H18N2O3. The van der Waals surface area contributed by atoms with Crippen molar-refractivity contribution in [2.45, 2.75) is 26.7 Å². The highest BCUT2D eigenvalue weighted by Gasteiger charge is 2.29. The number of hydrogen-bond acceptors (Lipinski definition) is 3. The maximum Gasteiger partial charge on any atom is 0.309 e. The first-order valence-electron chi connectivity index (χ1n) is 5.81. The molecule has 0 radical (unpaired) electrons. The molecule has 0 atom stereocenters. The molecule has 0 aliphatic carbocycles. The van der Waals surface area contributed by atoms with E-state index in [1.807, 2.05) is 12.1 Å². The third kappa shape index (κ3) is 4.53. The average molecular weight is 250 g/mol. The topological polar surface area (TPSA) is 79.3 Å². The van der Waals surface area contributed by atoms with E-state index in [0.29, 0.717) is 13.0 Å². The normalized spacial score (nSPS) is 11.0. The van der Waals surface area contributed by atoms with Crippen molar-refractivity contribution in [1.82, 2.24) is 10.3 Å². The molecule has 0 fully saturated rings. The highest BCUT2D eigenvalue weighted by atomic mass is 16.4. The van der Waals surface area contributed by atoms with Gasteiger partial charge in [-0.3, -0.25) is 14.6 Å². The van der Waals surface area contributed by atoms with Crippen LogP contribution in [-0.2, 0) is 16.0 Å². The molecule has 2 N–H and O–H groups in total. The number of carboxylic acids is 1. The fourth-order valence-electron chi connectivity index (χ4n) is 1.43. The van der Waals surface area contributed by atoms with Crippen LogP contribution in [0.1, 0.15) is 25.8 Å². The Kier molecular flexibility index (Phi) is 4.83. The van der Waals surface area contributed by atoms with Crippen molar-refractivity contribution in [2.75, 3.05) is 6.54 Å². The van der Waals surface area contributed by atoms with Crippen LogP contribution in [-0.4, -0.2) is 28.5 Å². The smallest absolute Gasteiger partial charge is 0.309 e. The number of carbonyl (C=O) groups excluding carboxylic acids is 1. The van der Waals surface area contributed by atoms with Crippen LogP contribution in [0, 0.1) is 5.41 Å². The Bertz CT molecular complexity index is 416. The molecule has 98 valence electrons. The quantitative estimate of drug-likeness (QED) is 0.796. The SMILES string of the molecule is CC(C)(CC(=O)NCCc1cccnc1)C(=O)O. The van der Waals surface area contributed by atoms with Crippen molar-refractivity contribution >= 4 is 11.9 Å². The van der Waals surface area contributed by atoms with Gasteiger partial charge in [0.25, 0.3) is 0 Å². The minimum Gasteiger partial charge on any atom is -0.481 e. The summed E-state index contributed by atoms with van der Waals surface area (Å²) in [6, 6.07) is 3.77. The number of pyridine rings is 1. The number of amides is 1. The zero-order chi connectivity index (χ0) is 13.6. The number of aromatic nitrogens is 1. The molecule has 5 nitrogen and oxygen atoms in total. The van der Waals surface area contributed by atoms with Gasteiger partial charge >= 0.3 is 5.97 Å². The second-order valence-electron chi connectivity index (χ2n) is 4.83. The first-order chi connectivity index (χ1) is 8.42. The van der Waals surface area contributed by atoms with Gasteiger partial charge in [0.15, 0.2) is 0 Å². The van der Waals surface area contributed by atoms with Crippen LogP contribution in [0.15, 0.2) is 24.5 Å². The molecule has 1 rings (SSSR count). The molecule has 0 saturated heterocycles. The summed E-state index contributed by atoms with van der Waals surface area (Å²) in [5.41, 5.74) is 0.00793. The number of nitrogens with zero attached hydrogens (tertiary/aromatic N) is 1. The molecule has 0 saturated carbocycles. The Balaban J connectivity index is 2.32. The van der Waals surface area contributed by atoms with Crippen molar-refractivity contribution in [3.8, 4) is 0 Å². The summed E-state index contributed by atoms with van der Waals surface area (Å²) >= 11 is 0. The summed E-state index contributed by atoms with van der Waals surface area (Å²) < 4.78 is 0. The van der Waals surface area contributed by atoms with Crippen molar-refractivity contribution in [2.24, 2.45) is 5.41 Å². The molecule has 0 aromatic carbocycles. The molecule has 0 aliphatic rings. The highest BCUT2D eigenvalue weighted by Crippen LogP contribution is 2.19. The molecule has 0 aliphatic heterocycles. The maximum absolute atomic E-state index is 11.6. The number of hydrogen-bond donors (Lipinski definition) is 2. The Morgan fingerprint density at radius 2 is 2.17 bits per heavy atom. The van der Waals surface area contributed by atoms with E-state index < -0.39 is 11.4 Å². The summed E-state index contributed by atoms with van der Waals surface area (Å²) in [5.74, 6) is -1.21. The lowest BCUT2D eigenvalue weighted by atomic mass is 9.89. The lowest BCUT2D eigenvalue weighted by molar-refractivity contribution is -0.149. The van der Waals surface area contributed by atoms with Gasteiger partial charge < -0.3 is 10.4 Å². The van der Waals surface area contributed by atoms with Gasteiger partial charge in [-0.2, -0.15) is 0 Å². The van der Waals surface area contributed by atoms with Crippen molar-refractivity contribution in [3.05, 3.63) is 30.1 Å². The molecular weight excluding hydrogens is 232 g/mol. The second kappa shape index (κ2) is 6.14. The van der Waals surface area contributed by atoms with Crippen LogP contribution in [0.3, 0.4) is 0 Å². The summed E-state index contributed by atoms with van der Waals surface area (Å²) in [6.07, 6.45) is 4.10. The Labute approximate surface area is 106 Å². The van der Waals surface area contributed by atoms with Crippen molar-refractivity contribution in [3.63, 3.8) is 0 Å². The third-order valence-electron chi connectivity index (χ3n) is 2.64. The molecule has 0 unspecified atom stereocenters. The predicted octanol–water partition coefficient (Wildman–Crippen LogP) is 1.24. The molecule has 1 aromatic rings. The van der Waals surface area contributed by atoms with Gasteiger partial charge in [0.2, 0.25) is 5.91 Å². The number of aliphatic carboxylic acids is 1. The summed E-state index contributed by atoms with van der Waals surface area (Å²) in [6.45, 7) is 3.56. The molecule has 1 aromatic heterocycles. The van der Waals surface area contributed by atoms with Gasteiger partial charge in [-0.15, -0.1) is 0 Å². The Morgan fingerprint density at radius 1 is 1.44 bits per heavy atom. The first kappa shape index (κ1) is 14.2. The molecule has 0 spiro atoms. The lowest BCUT2D eigenvalue weighted by Gasteiger charge is -2.18. The predicted molar refractivity (Wildman–Crippen MR) is 67.0 cm³/mol. The van der Waals surface area contributed by atoms with Gasteiger partial charge in [-0.25, -0.2) is 0 Å². The first-order valence-corrected chi connectivity index (χ1v) is 5.81. The van der Waals surface area contributed by atoms with Crippen LogP contribution < -0.4 is 5.32 Å². The standard InChI is InChI=1S/C13H18N2O3/c1-13(2,12(17)18)8-11(16)15-7-5-10-4-3-6-14-9-10/h3-4,6,9H,5,7-8H2,1-2H3,(H,15,16)(H,17,18). The Morgan fingerprint density at radius 3 is 2.72 bits per heavy atom. The van der Waals surface area contributed by atoms with Gasteiger partial charge in [0.05, 0.1) is 5.41 Å². The molecule has 0 bridgehead atoms. The second-order valence-corrected chi connectivity index (χ2v) is 4.83. The van der Waals surface area contributed by atoms with E-state index >= 15 is 0 Å². The maximum atomic E-state index is 11.6. The van der Waals surface area contributed by atoms with E-state index in [2.05, 4.69) is 10.3 Å². The zero-order valence-electron chi connectivity index (χ0n) is 10.6. The monoisotopic (exact) mass is 250 g/mol. The van der Waals surface area contributed by atoms with Crippen molar-refractivity contribution < 1.29 is 14.7 Å².